The Labute approximate surface area is 149 Å². The maximum absolute atomic E-state index is 12.3. The molecule has 1 unspecified atom stereocenters. The van der Waals surface area contributed by atoms with Gasteiger partial charge < -0.3 is 4.42 Å². The summed E-state index contributed by atoms with van der Waals surface area (Å²) in [6, 6.07) is 11.2. The van der Waals surface area contributed by atoms with E-state index in [-0.39, 0.29) is 17.5 Å². The van der Waals surface area contributed by atoms with Crippen LogP contribution in [0.25, 0.3) is 11.1 Å². The molecule has 6 nitrogen and oxygen atoms in total. The Morgan fingerprint density at radius 2 is 2.08 bits per heavy atom. The van der Waals surface area contributed by atoms with E-state index in [4.69, 9.17) is 4.42 Å². The molecule has 0 aliphatic carbocycles. The third-order valence-corrected chi connectivity index (χ3v) is 7.17. The summed E-state index contributed by atoms with van der Waals surface area (Å²) >= 11 is 1.63. The molecular formula is C17H18N2O4S2. The average Bonchev–Trinajstić information content (AvgIpc) is 3.27. The van der Waals surface area contributed by atoms with Crippen molar-refractivity contribution in [2.45, 2.75) is 25.7 Å². The Morgan fingerprint density at radius 1 is 1.24 bits per heavy atom. The minimum Gasteiger partial charge on any atom is -0.408 e. The van der Waals surface area contributed by atoms with Crippen LogP contribution in [-0.4, -0.2) is 35.4 Å². The molecule has 25 heavy (non-hydrogen) atoms. The largest absolute Gasteiger partial charge is 0.421 e. The number of benzene rings is 1. The zero-order valence-electron chi connectivity index (χ0n) is 13.5. The molecule has 1 atom stereocenters. The number of hydrogen-bond acceptors (Lipinski definition) is 6. The fourth-order valence-corrected chi connectivity index (χ4v) is 5.78. The van der Waals surface area contributed by atoms with Crippen molar-refractivity contribution in [1.29, 1.82) is 0 Å². The fraction of sp³-hybridized carbons (Fsp3) is 0.353. The lowest BCUT2D eigenvalue weighted by Gasteiger charge is -2.27. The minimum atomic E-state index is -3.00. The molecule has 2 aromatic heterocycles. The number of para-hydroxylation sites is 2. The van der Waals surface area contributed by atoms with Gasteiger partial charge in [-0.15, -0.1) is 11.3 Å². The van der Waals surface area contributed by atoms with Crippen LogP contribution in [0.1, 0.15) is 11.3 Å². The van der Waals surface area contributed by atoms with Crippen molar-refractivity contribution in [3.8, 4) is 0 Å². The number of aromatic nitrogens is 1. The molecule has 3 heterocycles. The van der Waals surface area contributed by atoms with Crippen LogP contribution in [0.15, 0.2) is 51.0 Å². The lowest BCUT2D eigenvalue weighted by atomic mass is 10.2. The second-order valence-electron chi connectivity index (χ2n) is 6.29. The van der Waals surface area contributed by atoms with Gasteiger partial charge in [-0.1, -0.05) is 18.2 Å². The maximum Gasteiger partial charge on any atom is 0.421 e. The van der Waals surface area contributed by atoms with Gasteiger partial charge in [0, 0.05) is 17.5 Å². The van der Waals surface area contributed by atoms with Crippen LogP contribution in [0.4, 0.5) is 0 Å². The van der Waals surface area contributed by atoms with Crippen molar-refractivity contribution in [2.75, 3.05) is 11.5 Å². The van der Waals surface area contributed by atoms with E-state index in [9.17, 15) is 13.2 Å². The highest BCUT2D eigenvalue weighted by atomic mass is 32.2. The summed E-state index contributed by atoms with van der Waals surface area (Å²) in [5, 5.41) is 2.00. The third-order valence-electron chi connectivity index (χ3n) is 4.56. The molecule has 0 N–H and O–H groups in total. The average molecular weight is 378 g/mol. The van der Waals surface area contributed by atoms with E-state index >= 15 is 0 Å². The Morgan fingerprint density at radius 3 is 2.80 bits per heavy atom. The van der Waals surface area contributed by atoms with Crippen molar-refractivity contribution in [2.24, 2.45) is 0 Å². The van der Waals surface area contributed by atoms with Gasteiger partial charge in [0.25, 0.3) is 0 Å². The highest BCUT2D eigenvalue weighted by Crippen LogP contribution is 2.23. The molecule has 0 saturated carbocycles. The molecule has 0 radical (unpaired) electrons. The smallest absolute Gasteiger partial charge is 0.408 e. The number of hydrogen-bond donors (Lipinski definition) is 0. The van der Waals surface area contributed by atoms with E-state index in [2.05, 4.69) is 4.90 Å². The van der Waals surface area contributed by atoms with Gasteiger partial charge in [-0.25, -0.2) is 13.2 Å². The van der Waals surface area contributed by atoms with E-state index in [1.807, 2.05) is 35.7 Å². The van der Waals surface area contributed by atoms with E-state index in [1.165, 1.54) is 0 Å². The van der Waals surface area contributed by atoms with E-state index in [0.717, 1.165) is 10.4 Å². The molecular weight excluding hydrogens is 360 g/mol. The number of nitrogens with zero attached hydrogens (tertiary/aromatic N) is 2. The first-order valence-corrected chi connectivity index (χ1v) is 10.8. The monoisotopic (exact) mass is 378 g/mol. The topological polar surface area (TPSA) is 72.5 Å². The quantitative estimate of drug-likeness (QED) is 0.681. The van der Waals surface area contributed by atoms with Crippen LogP contribution >= 0.6 is 11.3 Å². The van der Waals surface area contributed by atoms with Crippen molar-refractivity contribution < 1.29 is 12.8 Å². The molecule has 1 aliphatic rings. The SMILES string of the molecule is O=c1oc2ccccc2n1CN(Cc1cccs1)C1CCS(=O)(=O)C1. The molecule has 1 aromatic carbocycles. The van der Waals surface area contributed by atoms with Gasteiger partial charge >= 0.3 is 5.76 Å². The molecule has 132 valence electrons. The summed E-state index contributed by atoms with van der Waals surface area (Å²) in [5.41, 5.74) is 1.27. The molecule has 0 spiro atoms. The molecule has 0 bridgehead atoms. The first kappa shape index (κ1) is 16.6. The van der Waals surface area contributed by atoms with Crippen LogP contribution in [0.5, 0.6) is 0 Å². The maximum atomic E-state index is 12.3. The normalized spacial score (nSPS) is 19.8. The van der Waals surface area contributed by atoms with Crippen LogP contribution in [-0.2, 0) is 23.1 Å². The van der Waals surface area contributed by atoms with Gasteiger partial charge in [-0.05, 0) is 30.0 Å². The predicted molar refractivity (Wildman–Crippen MR) is 97.4 cm³/mol. The van der Waals surface area contributed by atoms with Crippen molar-refractivity contribution in [1.82, 2.24) is 9.47 Å². The lowest BCUT2D eigenvalue weighted by molar-refractivity contribution is 0.154. The fourth-order valence-electron chi connectivity index (χ4n) is 3.29. The Bertz CT molecular complexity index is 1030. The van der Waals surface area contributed by atoms with Crippen LogP contribution in [0, 0.1) is 0 Å². The summed E-state index contributed by atoms with van der Waals surface area (Å²) < 4.78 is 30.7. The predicted octanol–water partition coefficient (Wildman–Crippen LogP) is 2.30. The van der Waals surface area contributed by atoms with Gasteiger partial charge in [-0.3, -0.25) is 9.47 Å². The third kappa shape index (κ3) is 3.42. The number of sulfone groups is 1. The molecule has 1 saturated heterocycles. The molecule has 3 aromatic rings. The minimum absolute atomic E-state index is 0.0901. The highest BCUT2D eigenvalue weighted by molar-refractivity contribution is 7.91. The summed E-state index contributed by atoms with van der Waals surface area (Å²) in [6.45, 7) is 0.928. The Kier molecular flexibility index (Phi) is 4.26. The zero-order chi connectivity index (χ0) is 17.4. The highest BCUT2D eigenvalue weighted by Gasteiger charge is 2.33. The van der Waals surface area contributed by atoms with Crippen molar-refractivity contribution >= 4 is 32.3 Å². The number of rotatable bonds is 5. The first-order chi connectivity index (χ1) is 12.0. The zero-order valence-corrected chi connectivity index (χ0v) is 15.1. The number of fused-ring (bicyclic) bond motifs is 1. The van der Waals surface area contributed by atoms with E-state index in [1.54, 1.807) is 22.0 Å². The Balaban J connectivity index is 1.68. The van der Waals surface area contributed by atoms with Gasteiger partial charge in [0.05, 0.1) is 23.7 Å². The van der Waals surface area contributed by atoms with E-state index in [0.29, 0.717) is 25.2 Å². The Hall–Kier alpha value is -1.90. The second-order valence-corrected chi connectivity index (χ2v) is 9.55. The van der Waals surface area contributed by atoms with Crippen LogP contribution in [0.2, 0.25) is 0 Å². The van der Waals surface area contributed by atoms with Gasteiger partial charge in [0.1, 0.15) is 0 Å². The van der Waals surface area contributed by atoms with Crippen molar-refractivity contribution in [3.63, 3.8) is 0 Å². The first-order valence-electron chi connectivity index (χ1n) is 8.07. The second kappa shape index (κ2) is 6.44. The molecule has 8 heteroatoms. The van der Waals surface area contributed by atoms with Gasteiger partial charge in [-0.2, -0.15) is 0 Å². The van der Waals surface area contributed by atoms with Crippen molar-refractivity contribution in [3.05, 3.63) is 57.2 Å². The summed E-state index contributed by atoms with van der Waals surface area (Å²) in [4.78, 5) is 15.5. The van der Waals surface area contributed by atoms with Crippen LogP contribution in [0.3, 0.4) is 0 Å². The summed E-state index contributed by atoms with van der Waals surface area (Å²) in [6.07, 6.45) is 0.595. The molecule has 4 rings (SSSR count). The number of thiophene rings is 1. The molecule has 0 amide bonds. The standard InChI is InChI=1S/C17H18N2O4S2/c20-17-19(15-5-1-2-6-16(15)23-17)12-18(10-14-4-3-8-24-14)13-7-9-25(21,22)11-13/h1-6,8,13H,7,9-12H2. The van der Waals surface area contributed by atoms with Crippen LogP contribution < -0.4 is 5.76 Å². The molecule has 1 fully saturated rings. The molecule has 1 aliphatic heterocycles. The lowest BCUT2D eigenvalue weighted by Crippen LogP contribution is -2.39. The van der Waals surface area contributed by atoms with Gasteiger partial charge in [0.15, 0.2) is 15.4 Å². The number of oxazole rings is 1. The summed E-state index contributed by atoms with van der Waals surface area (Å²) in [7, 11) is -3.00. The van der Waals surface area contributed by atoms with E-state index < -0.39 is 15.6 Å². The summed E-state index contributed by atoms with van der Waals surface area (Å²) in [5.74, 6) is -0.0685. The van der Waals surface area contributed by atoms with Gasteiger partial charge in [0.2, 0.25) is 0 Å².